The zero-order chi connectivity index (χ0) is 16.4. The number of ether oxygens (including phenoxy) is 1. The quantitative estimate of drug-likeness (QED) is 0.811. The van der Waals surface area contributed by atoms with Crippen LogP contribution in [-0.2, 0) is 9.53 Å². The highest BCUT2D eigenvalue weighted by Gasteiger charge is 2.26. The molecule has 122 valence electrons. The second-order valence-corrected chi connectivity index (χ2v) is 7.24. The van der Waals surface area contributed by atoms with Crippen molar-refractivity contribution >= 4 is 33.4 Å². The van der Waals surface area contributed by atoms with Gasteiger partial charge in [0.2, 0.25) is 0 Å². The molecule has 23 heavy (non-hydrogen) atoms. The van der Waals surface area contributed by atoms with Crippen LogP contribution in [0.25, 0.3) is 10.2 Å². The number of esters is 1. The van der Waals surface area contributed by atoms with Crippen LogP contribution in [-0.4, -0.2) is 41.5 Å². The molecule has 5 nitrogen and oxygen atoms in total. The molecule has 2 heterocycles. The van der Waals surface area contributed by atoms with Gasteiger partial charge in [0.05, 0.1) is 21.3 Å². The summed E-state index contributed by atoms with van der Waals surface area (Å²) >= 11 is 1.47. The Morgan fingerprint density at radius 3 is 2.78 bits per heavy atom. The summed E-state index contributed by atoms with van der Waals surface area (Å²) in [5.74, 6) is 0.404. The Labute approximate surface area is 139 Å². The molecule has 1 aromatic heterocycles. The molecular weight excluding hydrogens is 312 g/mol. The minimum absolute atomic E-state index is 0.115. The van der Waals surface area contributed by atoms with Crippen molar-refractivity contribution in [3.8, 4) is 0 Å². The van der Waals surface area contributed by atoms with E-state index in [1.54, 1.807) is 28.6 Å². The second-order valence-electron chi connectivity index (χ2n) is 6.36. The van der Waals surface area contributed by atoms with E-state index in [4.69, 9.17) is 4.74 Å². The molecule has 2 atom stereocenters. The lowest BCUT2D eigenvalue weighted by atomic mass is 9.92. The van der Waals surface area contributed by atoms with E-state index in [1.807, 2.05) is 0 Å². The molecule has 1 aliphatic heterocycles. The number of nitrogens with zero attached hydrogens (tertiary/aromatic N) is 2. The third kappa shape index (κ3) is 3.69. The number of benzene rings is 1. The van der Waals surface area contributed by atoms with E-state index in [1.165, 1.54) is 11.3 Å². The number of piperidine rings is 1. The lowest BCUT2D eigenvalue weighted by molar-refractivity contribution is -0.137. The van der Waals surface area contributed by atoms with Crippen LogP contribution < -0.4 is 0 Å². The van der Waals surface area contributed by atoms with Crippen molar-refractivity contribution in [3.05, 3.63) is 29.3 Å². The van der Waals surface area contributed by atoms with Crippen LogP contribution >= 0.6 is 11.3 Å². The summed E-state index contributed by atoms with van der Waals surface area (Å²) in [7, 11) is 0. The third-order valence-electron chi connectivity index (χ3n) is 4.12. The second kappa shape index (κ2) is 6.66. The number of rotatable bonds is 3. The van der Waals surface area contributed by atoms with Crippen molar-refractivity contribution in [2.24, 2.45) is 11.8 Å². The molecule has 0 bridgehead atoms. The average Bonchev–Trinajstić information content (AvgIpc) is 2.98. The maximum absolute atomic E-state index is 12.2. The van der Waals surface area contributed by atoms with Gasteiger partial charge in [0.25, 0.3) is 5.91 Å². The van der Waals surface area contributed by atoms with Crippen molar-refractivity contribution in [1.29, 1.82) is 0 Å². The number of likely N-dealkylation sites (tertiary alicyclic amines) is 1. The van der Waals surface area contributed by atoms with Crippen LogP contribution in [0.15, 0.2) is 23.7 Å². The number of fused-ring (bicyclic) bond motifs is 1. The molecule has 2 aromatic rings. The maximum atomic E-state index is 12.2. The van der Waals surface area contributed by atoms with Crippen LogP contribution in [0.3, 0.4) is 0 Å². The van der Waals surface area contributed by atoms with Crippen molar-refractivity contribution in [3.63, 3.8) is 0 Å². The van der Waals surface area contributed by atoms with Crippen LogP contribution in [0.5, 0.6) is 0 Å². The number of aromatic nitrogens is 1. The first-order valence-corrected chi connectivity index (χ1v) is 8.69. The summed E-state index contributed by atoms with van der Waals surface area (Å²) in [5.41, 5.74) is 3.05. The van der Waals surface area contributed by atoms with E-state index >= 15 is 0 Å². The monoisotopic (exact) mass is 332 g/mol. The maximum Gasteiger partial charge on any atom is 0.338 e. The minimum Gasteiger partial charge on any atom is -0.452 e. The van der Waals surface area contributed by atoms with Crippen LogP contribution in [0.4, 0.5) is 0 Å². The Bertz CT molecular complexity index is 717. The number of carbonyl (C=O) groups is 2. The summed E-state index contributed by atoms with van der Waals surface area (Å²) in [5, 5.41) is 0. The summed E-state index contributed by atoms with van der Waals surface area (Å²) in [6.07, 6.45) is 1.14. The van der Waals surface area contributed by atoms with E-state index in [0.717, 1.165) is 29.7 Å². The molecule has 6 heteroatoms. The summed E-state index contributed by atoms with van der Waals surface area (Å²) < 4.78 is 6.13. The van der Waals surface area contributed by atoms with Crippen LogP contribution in [0, 0.1) is 11.8 Å². The minimum atomic E-state index is -0.466. The van der Waals surface area contributed by atoms with Crippen molar-refractivity contribution in [2.45, 2.75) is 20.3 Å². The van der Waals surface area contributed by atoms with E-state index in [2.05, 4.69) is 18.8 Å². The zero-order valence-corrected chi connectivity index (χ0v) is 14.1. The van der Waals surface area contributed by atoms with Crippen LogP contribution in [0.2, 0.25) is 0 Å². The van der Waals surface area contributed by atoms with Gasteiger partial charge >= 0.3 is 5.97 Å². The SMILES string of the molecule is C[C@H]1C[C@H](C)CN(C(=O)COC(=O)c2ccc3ncsc3c2)C1. The number of carbonyl (C=O) groups excluding carboxylic acids is 2. The Morgan fingerprint density at radius 1 is 1.30 bits per heavy atom. The topological polar surface area (TPSA) is 59.5 Å². The molecule has 0 saturated carbocycles. The molecule has 0 aliphatic carbocycles. The van der Waals surface area contributed by atoms with Gasteiger partial charge in [-0.25, -0.2) is 9.78 Å². The van der Waals surface area contributed by atoms with E-state index < -0.39 is 5.97 Å². The molecule has 0 radical (unpaired) electrons. The highest BCUT2D eigenvalue weighted by atomic mass is 32.1. The lowest BCUT2D eigenvalue weighted by Crippen LogP contribution is -2.44. The van der Waals surface area contributed by atoms with Gasteiger partial charge in [0, 0.05) is 13.1 Å². The largest absolute Gasteiger partial charge is 0.452 e. The van der Waals surface area contributed by atoms with E-state index in [0.29, 0.717) is 17.4 Å². The fourth-order valence-electron chi connectivity index (χ4n) is 3.15. The molecule has 1 fully saturated rings. The van der Waals surface area contributed by atoms with Crippen molar-refractivity contribution < 1.29 is 14.3 Å². The van der Waals surface area contributed by atoms with Gasteiger partial charge in [-0.3, -0.25) is 4.79 Å². The Hall–Kier alpha value is -1.95. The molecule has 1 saturated heterocycles. The molecule has 3 rings (SSSR count). The Kier molecular flexibility index (Phi) is 4.61. The number of hydrogen-bond acceptors (Lipinski definition) is 5. The summed E-state index contributed by atoms with van der Waals surface area (Å²) in [6.45, 7) is 5.58. The van der Waals surface area contributed by atoms with Gasteiger partial charge in [-0.2, -0.15) is 0 Å². The van der Waals surface area contributed by atoms with Crippen LogP contribution in [0.1, 0.15) is 30.6 Å². The average molecular weight is 332 g/mol. The molecule has 1 amide bonds. The molecule has 0 spiro atoms. The summed E-state index contributed by atoms with van der Waals surface area (Å²) in [6, 6.07) is 5.23. The fraction of sp³-hybridized carbons (Fsp3) is 0.471. The zero-order valence-electron chi connectivity index (χ0n) is 13.3. The number of thiazole rings is 1. The van der Waals surface area contributed by atoms with Gasteiger partial charge in [0.15, 0.2) is 6.61 Å². The predicted octanol–water partition coefficient (Wildman–Crippen LogP) is 2.96. The molecule has 0 N–H and O–H groups in total. The highest BCUT2D eigenvalue weighted by molar-refractivity contribution is 7.16. The van der Waals surface area contributed by atoms with E-state index in [-0.39, 0.29) is 12.5 Å². The predicted molar refractivity (Wildman–Crippen MR) is 89.4 cm³/mol. The van der Waals surface area contributed by atoms with Crippen molar-refractivity contribution in [2.75, 3.05) is 19.7 Å². The van der Waals surface area contributed by atoms with Gasteiger partial charge < -0.3 is 9.64 Å². The normalized spacial score (nSPS) is 21.4. The smallest absolute Gasteiger partial charge is 0.338 e. The first kappa shape index (κ1) is 15.9. The van der Waals surface area contributed by atoms with Crippen molar-refractivity contribution in [1.82, 2.24) is 9.88 Å². The molecule has 1 aliphatic rings. The summed E-state index contributed by atoms with van der Waals surface area (Å²) in [4.78, 5) is 30.3. The molecule has 0 unspecified atom stereocenters. The molecule has 1 aromatic carbocycles. The third-order valence-corrected chi connectivity index (χ3v) is 4.91. The van der Waals surface area contributed by atoms with Gasteiger partial charge in [0.1, 0.15) is 0 Å². The van der Waals surface area contributed by atoms with E-state index in [9.17, 15) is 9.59 Å². The first-order chi connectivity index (χ1) is 11.0. The highest BCUT2D eigenvalue weighted by Crippen LogP contribution is 2.21. The van der Waals surface area contributed by atoms with Gasteiger partial charge in [-0.1, -0.05) is 13.8 Å². The van der Waals surface area contributed by atoms with Gasteiger partial charge in [-0.15, -0.1) is 11.3 Å². The number of hydrogen-bond donors (Lipinski definition) is 0. The number of amides is 1. The Morgan fingerprint density at radius 2 is 2.04 bits per heavy atom. The first-order valence-electron chi connectivity index (χ1n) is 7.81. The molecular formula is C17H20N2O3S. The standard InChI is InChI=1S/C17H20N2O3S/c1-11-5-12(2)8-19(7-11)16(20)9-22-17(21)13-3-4-14-15(6-13)23-10-18-14/h3-4,6,10-12H,5,7-9H2,1-2H3/t11-,12-/m0/s1. The Balaban J connectivity index is 1.58. The lowest BCUT2D eigenvalue weighted by Gasteiger charge is -2.34. The fourth-order valence-corrected chi connectivity index (χ4v) is 3.87. The van der Waals surface area contributed by atoms with Gasteiger partial charge in [-0.05, 0) is 36.5 Å².